The monoisotopic (exact) mass is 399 g/mol. The molecule has 0 aliphatic carbocycles. The Labute approximate surface area is 164 Å². The van der Waals surface area contributed by atoms with Gasteiger partial charge in [0.15, 0.2) is 11.5 Å². The zero-order valence-corrected chi connectivity index (χ0v) is 18.0. The van der Waals surface area contributed by atoms with E-state index in [2.05, 4.69) is 20.8 Å². The molecule has 0 saturated heterocycles. The van der Waals surface area contributed by atoms with Crippen molar-refractivity contribution in [2.45, 2.75) is 59.4 Å². The van der Waals surface area contributed by atoms with E-state index in [1.165, 1.54) is 7.11 Å². The van der Waals surface area contributed by atoms with E-state index in [0.29, 0.717) is 31.2 Å². The highest BCUT2D eigenvalue weighted by Gasteiger charge is 2.17. The Morgan fingerprint density at radius 2 is 1.85 bits per heavy atom. The third-order valence-corrected chi connectivity index (χ3v) is 4.51. The minimum absolute atomic E-state index is 0.126. The number of rotatable bonds is 12. The standard InChI is InChI=1S/C20H33NO5S/c1-6-7-8-9-10-20(22)21(14-16(2)3)15-17-11-12-18(25-4)19(13-17)26-27(5,23)24/h11-13,16H,6-10,14-15H2,1-5H3. The molecule has 0 unspecified atom stereocenters. The number of hydrogen-bond acceptors (Lipinski definition) is 5. The van der Waals surface area contributed by atoms with E-state index in [0.717, 1.165) is 37.5 Å². The summed E-state index contributed by atoms with van der Waals surface area (Å²) in [6.45, 7) is 7.36. The molecule has 0 radical (unpaired) electrons. The molecule has 6 nitrogen and oxygen atoms in total. The Morgan fingerprint density at radius 3 is 2.41 bits per heavy atom. The fraction of sp³-hybridized carbons (Fsp3) is 0.650. The molecule has 0 aliphatic heterocycles. The molecular weight excluding hydrogens is 366 g/mol. The Morgan fingerprint density at radius 1 is 1.15 bits per heavy atom. The number of ether oxygens (including phenoxy) is 1. The van der Waals surface area contributed by atoms with Gasteiger partial charge in [-0.25, -0.2) is 0 Å². The molecule has 0 saturated carbocycles. The predicted octanol–water partition coefficient (Wildman–Crippen LogP) is 3.99. The van der Waals surface area contributed by atoms with Gasteiger partial charge in [0.25, 0.3) is 0 Å². The maximum atomic E-state index is 12.7. The normalized spacial score (nSPS) is 11.5. The summed E-state index contributed by atoms with van der Waals surface area (Å²) >= 11 is 0. The molecule has 1 rings (SSSR count). The van der Waals surface area contributed by atoms with Gasteiger partial charge in [-0.1, -0.05) is 46.1 Å². The van der Waals surface area contributed by atoms with Crippen LogP contribution < -0.4 is 8.92 Å². The second-order valence-electron chi connectivity index (χ2n) is 7.25. The molecule has 0 fully saturated rings. The number of unbranched alkanes of at least 4 members (excludes halogenated alkanes) is 3. The summed E-state index contributed by atoms with van der Waals surface area (Å²) in [5.74, 6) is 0.943. The SMILES string of the molecule is CCCCCCC(=O)N(Cc1ccc(OC)c(OS(C)(=O)=O)c1)CC(C)C. The summed E-state index contributed by atoms with van der Waals surface area (Å²) in [6, 6.07) is 5.11. The largest absolute Gasteiger partial charge is 0.493 e. The van der Waals surface area contributed by atoms with Crippen LogP contribution >= 0.6 is 0 Å². The zero-order chi connectivity index (χ0) is 20.4. The van der Waals surface area contributed by atoms with Crippen LogP contribution in [0.25, 0.3) is 0 Å². The lowest BCUT2D eigenvalue weighted by atomic mass is 10.1. The van der Waals surface area contributed by atoms with Crippen molar-refractivity contribution in [3.8, 4) is 11.5 Å². The molecular formula is C20H33NO5S. The first-order valence-electron chi connectivity index (χ1n) is 9.50. The van der Waals surface area contributed by atoms with Crippen molar-refractivity contribution in [3.63, 3.8) is 0 Å². The van der Waals surface area contributed by atoms with Crippen LogP contribution in [0, 0.1) is 5.92 Å². The number of benzene rings is 1. The predicted molar refractivity (Wildman–Crippen MR) is 107 cm³/mol. The highest BCUT2D eigenvalue weighted by Crippen LogP contribution is 2.29. The number of nitrogens with zero attached hydrogens (tertiary/aromatic N) is 1. The van der Waals surface area contributed by atoms with Crippen molar-refractivity contribution in [3.05, 3.63) is 23.8 Å². The van der Waals surface area contributed by atoms with Gasteiger partial charge in [0.2, 0.25) is 5.91 Å². The lowest BCUT2D eigenvalue weighted by Gasteiger charge is -2.25. The van der Waals surface area contributed by atoms with Crippen molar-refractivity contribution in [2.24, 2.45) is 5.92 Å². The van der Waals surface area contributed by atoms with Crippen molar-refractivity contribution >= 4 is 16.0 Å². The lowest BCUT2D eigenvalue weighted by molar-refractivity contribution is -0.132. The fourth-order valence-corrected chi connectivity index (χ4v) is 3.28. The number of methoxy groups -OCH3 is 1. The minimum Gasteiger partial charge on any atom is -0.493 e. The molecule has 0 atom stereocenters. The van der Waals surface area contributed by atoms with E-state index in [1.807, 2.05) is 11.0 Å². The molecule has 0 heterocycles. The van der Waals surface area contributed by atoms with E-state index in [9.17, 15) is 13.2 Å². The number of carbonyl (C=O) groups excluding carboxylic acids is 1. The number of amides is 1. The Hall–Kier alpha value is -1.76. The van der Waals surface area contributed by atoms with Gasteiger partial charge >= 0.3 is 10.1 Å². The van der Waals surface area contributed by atoms with Crippen LogP contribution in [0.1, 0.15) is 58.4 Å². The van der Waals surface area contributed by atoms with E-state index in [1.54, 1.807) is 12.1 Å². The second-order valence-corrected chi connectivity index (χ2v) is 8.83. The van der Waals surface area contributed by atoms with Crippen LogP contribution in [0.15, 0.2) is 18.2 Å². The van der Waals surface area contributed by atoms with Crippen molar-refractivity contribution < 1.29 is 22.1 Å². The van der Waals surface area contributed by atoms with Gasteiger partial charge in [-0.3, -0.25) is 4.79 Å². The lowest BCUT2D eigenvalue weighted by Crippen LogP contribution is -2.33. The van der Waals surface area contributed by atoms with E-state index in [4.69, 9.17) is 8.92 Å². The van der Waals surface area contributed by atoms with Gasteiger partial charge in [0.05, 0.1) is 13.4 Å². The zero-order valence-electron chi connectivity index (χ0n) is 17.2. The highest BCUT2D eigenvalue weighted by molar-refractivity contribution is 7.86. The summed E-state index contributed by atoms with van der Waals surface area (Å²) in [7, 11) is -2.21. The van der Waals surface area contributed by atoms with Crippen LogP contribution in [-0.4, -0.2) is 39.1 Å². The Balaban J connectivity index is 2.93. The molecule has 0 aliphatic rings. The summed E-state index contributed by atoms with van der Waals surface area (Å²) < 4.78 is 33.2. The van der Waals surface area contributed by atoms with Crippen molar-refractivity contribution in [1.82, 2.24) is 4.90 Å². The summed E-state index contributed by atoms with van der Waals surface area (Å²) in [6.07, 6.45) is 5.76. The molecule has 1 aromatic carbocycles. The van der Waals surface area contributed by atoms with Crippen LogP contribution in [0.5, 0.6) is 11.5 Å². The maximum Gasteiger partial charge on any atom is 0.306 e. The van der Waals surface area contributed by atoms with Gasteiger partial charge < -0.3 is 13.8 Å². The molecule has 1 amide bonds. The van der Waals surface area contributed by atoms with E-state index < -0.39 is 10.1 Å². The molecule has 0 spiro atoms. The van der Waals surface area contributed by atoms with Gasteiger partial charge in [0, 0.05) is 19.5 Å². The number of hydrogen-bond donors (Lipinski definition) is 0. The fourth-order valence-electron chi connectivity index (χ4n) is 2.82. The average Bonchev–Trinajstić information content (AvgIpc) is 2.56. The van der Waals surface area contributed by atoms with Gasteiger partial charge in [0.1, 0.15) is 0 Å². The number of carbonyl (C=O) groups is 1. The van der Waals surface area contributed by atoms with Crippen LogP contribution in [-0.2, 0) is 21.5 Å². The molecule has 0 bridgehead atoms. The molecule has 0 aromatic heterocycles. The smallest absolute Gasteiger partial charge is 0.306 e. The summed E-state index contributed by atoms with van der Waals surface area (Å²) in [4.78, 5) is 14.5. The Bertz CT molecular complexity index is 700. The second kappa shape index (κ2) is 11.2. The molecule has 7 heteroatoms. The maximum absolute atomic E-state index is 12.7. The highest BCUT2D eigenvalue weighted by atomic mass is 32.2. The summed E-state index contributed by atoms with van der Waals surface area (Å²) in [5.41, 5.74) is 0.803. The van der Waals surface area contributed by atoms with Gasteiger partial charge in [-0.2, -0.15) is 8.42 Å². The van der Waals surface area contributed by atoms with Crippen LogP contribution in [0.3, 0.4) is 0 Å². The first-order chi connectivity index (χ1) is 12.7. The minimum atomic E-state index is -3.67. The van der Waals surface area contributed by atoms with Crippen molar-refractivity contribution in [2.75, 3.05) is 19.9 Å². The van der Waals surface area contributed by atoms with Gasteiger partial charge in [-0.05, 0) is 30.0 Å². The van der Waals surface area contributed by atoms with Crippen molar-refractivity contribution in [1.29, 1.82) is 0 Å². The molecule has 154 valence electrons. The molecule has 0 N–H and O–H groups in total. The van der Waals surface area contributed by atoms with E-state index in [-0.39, 0.29) is 11.7 Å². The molecule has 27 heavy (non-hydrogen) atoms. The topological polar surface area (TPSA) is 72.9 Å². The van der Waals surface area contributed by atoms with E-state index >= 15 is 0 Å². The van der Waals surface area contributed by atoms with Crippen LogP contribution in [0.2, 0.25) is 0 Å². The summed E-state index contributed by atoms with van der Waals surface area (Å²) in [5, 5.41) is 0. The molecule has 1 aromatic rings. The average molecular weight is 400 g/mol. The third kappa shape index (κ3) is 9.13. The first kappa shape index (κ1) is 23.3. The first-order valence-corrected chi connectivity index (χ1v) is 11.3. The van der Waals surface area contributed by atoms with Crippen LogP contribution in [0.4, 0.5) is 0 Å². The Kier molecular flexibility index (Phi) is 9.63. The van der Waals surface area contributed by atoms with Gasteiger partial charge in [-0.15, -0.1) is 0 Å². The quantitative estimate of drug-likeness (QED) is 0.392. The third-order valence-electron chi connectivity index (χ3n) is 4.03.